The molecule has 1 N–H and O–H groups in total. The minimum atomic E-state index is 0.000119. The van der Waals surface area contributed by atoms with E-state index in [2.05, 4.69) is 25.2 Å². The number of nitrogens with one attached hydrogen (secondary N) is 1. The van der Waals surface area contributed by atoms with Crippen molar-refractivity contribution in [2.75, 3.05) is 5.32 Å². The van der Waals surface area contributed by atoms with Gasteiger partial charge in [0, 0.05) is 23.5 Å². The van der Waals surface area contributed by atoms with Gasteiger partial charge in [-0.25, -0.2) is 0 Å². The molecule has 0 aliphatic carbocycles. The van der Waals surface area contributed by atoms with Crippen LogP contribution in [0, 0.1) is 0 Å². The molecule has 2 aromatic carbocycles. The zero-order chi connectivity index (χ0) is 14.4. The van der Waals surface area contributed by atoms with Crippen LogP contribution >= 0.6 is 0 Å². The molecule has 2 aromatic rings. The van der Waals surface area contributed by atoms with Gasteiger partial charge < -0.3 is 5.32 Å². The average molecular weight is 265 g/mol. The predicted molar refractivity (Wildman–Crippen MR) is 84.1 cm³/mol. The molecule has 2 nitrogen and oxygen atoms in total. The molecule has 0 fully saturated rings. The van der Waals surface area contributed by atoms with E-state index in [1.54, 1.807) is 12.3 Å². The number of hydrogen-bond donors (Lipinski definition) is 1. The second kappa shape index (κ2) is 6.71. The molecule has 2 heteroatoms. The summed E-state index contributed by atoms with van der Waals surface area (Å²) >= 11 is 0. The Morgan fingerprint density at radius 1 is 1.00 bits per heavy atom. The highest BCUT2D eigenvalue weighted by Crippen LogP contribution is 2.23. The molecule has 0 amide bonds. The maximum atomic E-state index is 11.9. The maximum Gasteiger partial charge on any atom is 0.187 e. The lowest BCUT2D eigenvalue weighted by atomic mass is 10.0. The van der Waals surface area contributed by atoms with Crippen LogP contribution in [0.1, 0.15) is 35.7 Å². The highest BCUT2D eigenvalue weighted by molar-refractivity contribution is 6.04. The molecule has 2 rings (SSSR count). The van der Waals surface area contributed by atoms with Crippen LogP contribution in [0.2, 0.25) is 0 Å². The molecule has 0 saturated heterocycles. The lowest BCUT2D eigenvalue weighted by Gasteiger charge is -2.11. The van der Waals surface area contributed by atoms with Crippen molar-refractivity contribution in [1.82, 2.24) is 0 Å². The van der Waals surface area contributed by atoms with Crippen molar-refractivity contribution in [3.8, 4) is 0 Å². The van der Waals surface area contributed by atoms with Gasteiger partial charge in [0.2, 0.25) is 0 Å². The molecule has 0 bridgehead atoms. The molecule has 0 aliphatic heterocycles. The van der Waals surface area contributed by atoms with E-state index < -0.39 is 0 Å². The first-order valence-electron chi connectivity index (χ1n) is 6.80. The van der Waals surface area contributed by atoms with Gasteiger partial charge in [-0.1, -0.05) is 62.4 Å². The quantitative estimate of drug-likeness (QED) is 0.631. The van der Waals surface area contributed by atoms with Crippen molar-refractivity contribution >= 4 is 11.5 Å². The Morgan fingerprint density at radius 3 is 2.35 bits per heavy atom. The second-order valence-corrected chi connectivity index (χ2v) is 4.95. The zero-order valence-electron chi connectivity index (χ0n) is 11.8. The monoisotopic (exact) mass is 265 g/mol. The molecular weight excluding hydrogens is 246 g/mol. The minimum Gasteiger partial charge on any atom is -0.361 e. The van der Waals surface area contributed by atoms with Crippen molar-refractivity contribution < 1.29 is 4.79 Å². The Kier molecular flexibility index (Phi) is 4.72. The summed E-state index contributed by atoms with van der Waals surface area (Å²) in [6.07, 6.45) is 3.27. The molecule has 0 unspecified atom stereocenters. The molecule has 0 radical (unpaired) electrons. The maximum absolute atomic E-state index is 11.9. The van der Waals surface area contributed by atoms with Gasteiger partial charge >= 0.3 is 0 Å². The normalized spacial score (nSPS) is 10.9. The van der Waals surface area contributed by atoms with Crippen LogP contribution < -0.4 is 5.32 Å². The van der Waals surface area contributed by atoms with Crippen molar-refractivity contribution in [1.29, 1.82) is 0 Å². The first-order valence-corrected chi connectivity index (χ1v) is 6.80. The summed E-state index contributed by atoms with van der Waals surface area (Å²) in [5.41, 5.74) is 2.98. The van der Waals surface area contributed by atoms with Gasteiger partial charge in [-0.05, 0) is 17.5 Å². The molecule has 20 heavy (non-hydrogen) atoms. The number of para-hydroxylation sites is 1. The van der Waals surface area contributed by atoms with Gasteiger partial charge in [0.15, 0.2) is 5.78 Å². The largest absolute Gasteiger partial charge is 0.361 e. The number of benzene rings is 2. The van der Waals surface area contributed by atoms with E-state index in [1.807, 2.05) is 48.5 Å². The minimum absolute atomic E-state index is 0.000119. The lowest BCUT2D eigenvalue weighted by molar-refractivity contribution is 0.104. The number of hydrogen-bond acceptors (Lipinski definition) is 2. The number of allylic oxidation sites excluding steroid dienone is 1. The van der Waals surface area contributed by atoms with Crippen LogP contribution in [0.25, 0.3) is 0 Å². The summed E-state index contributed by atoms with van der Waals surface area (Å²) in [5.74, 6) is 0.442. The number of anilines is 1. The van der Waals surface area contributed by atoms with Gasteiger partial charge in [-0.15, -0.1) is 0 Å². The van der Waals surface area contributed by atoms with E-state index in [-0.39, 0.29) is 5.78 Å². The van der Waals surface area contributed by atoms with E-state index in [0.29, 0.717) is 11.5 Å². The SMILES string of the molecule is CC(C)c1ccccc1N/C=C/C(=O)c1ccccc1. The summed E-state index contributed by atoms with van der Waals surface area (Å²) in [5, 5.41) is 3.19. The lowest BCUT2D eigenvalue weighted by Crippen LogP contribution is -1.98. The van der Waals surface area contributed by atoms with Gasteiger partial charge in [-0.2, -0.15) is 0 Å². The molecular formula is C18H19NO. The van der Waals surface area contributed by atoms with Crippen molar-refractivity contribution in [3.05, 3.63) is 78.0 Å². The zero-order valence-corrected chi connectivity index (χ0v) is 11.8. The van der Waals surface area contributed by atoms with Crippen molar-refractivity contribution in [3.63, 3.8) is 0 Å². The molecule has 0 spiro atoms. The van der Waals surface area contributed by atoms with E-state index in [0.717, 1.165) is 5.69 Å². The Labute approximate surface area is 120 Å². The molecule has 0 aromatic heterocycles. The third-order valence-corrected chi connectivity index (χ3v) is 3.11. The van der Waals surface area contributed by atoms with Crippen LogP contribution in [0.5, 0.6) is 0 Å². The average Bonchev–Trinajstić information content (AvgIpc) is 2.48. The van der Waals surface area contributed by atoms with E-state index in [9.17, 15) is 4.79 Å². The van der Waals surface area contributed by atoms with Crippen LogP contribution in [-0.2, 0) is 0 Å². The Bertz CT molecular complexity index is 600. The Morgan fingerprint density at radius 2 is 1.65 bits per heavy atom. The standard InChI is InChI=1S/C18H19NO/c1-14(2)16-10-6-7-11-17(16)19-13-12-18(20)15-8-4-3-5-9-15/h3-14,19H,1-2H3/b13-12+. The van der Waals surface area contributed by atoms with Gasteiger partial charge in [0.25, 0.3) is 0 Å². The van der Waals surface area contributed by atoms with Crippen molar-refractivity contribution in [2.24, 2.45) is 0 Å². The highest BCUT2D eigenvalue weighted by Gasteiger charge is 2.04. The number of carbonyl (C=O) groups excluding carboxylic acids is 1. The van der Waals surface area contributed by atoms with E-state index in [4.69, 9.17) is 0 Å². The molecule has 0 saturated carbocycles. The van der Waals surface area contributed by atoms with Crippen molar-refractivity contribution in [2.45, 2.75) is 19.8 Å². The van der Waals surface area contributed by atoms with Gasteiger partial charge in [0.05, 0.1) is 0 Å². The smallest absolute Gasteiger partial charge is 0.187 e. The third kappa shape index (κ3) is 3.58. The number of carbonyl (C=O) groups is 1. The molecule has 0 aliphatic rings. The second-order valence-electron chi connectivity index (χ2n) is 4.95. The fourth-order valence-corrected chi connectivity index (χ4v) is 2.04. The summed E-state index contributed by atoms with van der Waals surface area (Å²) in [4.78, 5) is 11.9. The predicted octanol–water partition coefficient (Wildman–Crippen LogP) is 4.62. The van der Waals surface area contributed by atoms with Crippen LogP contribution in [0.4, 0.5) is 5.69 Å². The van der Waals surface area contributed by atoms with Crippen LogP contribution in [0.15, 0.2) is 66.9 Å². The third-order valence-electron chi connectivity index (χ3n) is 3.11. The summed E-state index contributed by atoms with van der Waals surface area (Å²) in [6.45, 7) is 4.30. The summed E-state index contributed by atoms with van der Waals surface area (Å²) in [7, 11) is 0. The number of ketones is 1. The van der Waals surface area contributed by atoms with Gasteiger partial charge in [0.1, 0.15) is 0 Å². The number of rotatable bonds is 5. The molecule has 0 atom stereocenters. The van der Waals surface area contributed by atoms with Gasteiger partial charge in [-0.3, -0.25) is 4.79 Å². The fourth-order valence-electron chi connectivity index (χ4n) is 2.04. The molecule has 0 heterocycles. The first kappa shape index (κ1) is 14.1. The Balaban J connectivity index is 2.06. The van der Waals surface area contributed by atoms with Crippen LogP contribution in [-0.4, -0.2) is 5.78 Å². The van der Waals surface area contributed by atoms with E-state index in [1.165, 1.54) is 5.56 Å². The first-order chi connectivity index (χ1) is 9.68. The topological polar surface area (TPSA) is 29.1 Å². The summed E-state index contributed by atoms with van der Waals surface area (Å²) < 4.78 is 0. The Hall–Kier alpha value is -2.35. The molecule has 102 valence electrons. The highest BCUT2D eigenvalue weighted by atomic mass is 16.1. The summed E-state index contributed by atoms with van der Waals surface area (Å²) in [6, 6.07) is 17.4. The van der Waals surface area contributed by atoms with Crippen LogP contribution in [0.3, 0.4) is 0 Å². The van der Waals surface area contributed by atoms with E-state index >= 15 is 0 Å². The fraction of sp³-hybridized carbons (Fsp3) is 0.167.